The maximum absolute atomic E-state index is 13.2. The molecule has 3 heteroatoms. The van der Waals surface area contributed by atoms with Gasteiger partial charge in [-0.25, -0.2) is 4.39 Å². The van der Waals surface area contributed by atoms with Gasteiger partial charge in [-0.15, -0.1) is 0 Å². The second-order valence-corrected chi connectivity index (χ2v) is 4.76. The Morgan fingerprint density at radius 2 is 1.89 bits per heavy atom. The van der Waals surface area contributed by atoms with Crippen molar-refractivity contribution in [2.24, 2.45) is 0 Å². The van der Waals surface area contributed by atoms with Crippen LogP contribution in [-0.2, 0) is 6.54 Å². The van der Waals surface area contributed by atoms with Crippen LogP contribution in [0.4, 0.5) is 10.1 Å². The highest BCUT2D eigenvalue weighted by atomic mass is 35.5. The molecular weight excluding hydrogens is 249 g/mol. The highest BCUT2D eigenvalue weighted by Crippen LogP contribution is 2.26. The van der Waals surface area contributed by atoms with Crippen molar-refractivity contribution in [2.75, 3.05) is 5.32 Å². The average Bonchev–Trinajstić information content (AvgIpc) is 2.33. The van der Waals surface area contributed by atoms with Crippen LogP contribution in [0.25, 0.3) is 0 Å². The molecule has 0 saturated carbocycles. The number of para-hydroxylation sites is 1. The fourth-order valence-corrected chi connectivity index (χ4v) is 2.16. The molecule has 0 amide bonds. The SMILES string of the molecule is Cc1ccc(F)cc1CNc1c(C)cccc1Cl. The molecule has 0 saturated heterocycles. The third kappa shape index (κ3) is 2.82. The molecule has 0 bridgehead atoms. The number of hydrogen-bond donors (Lipinski definition) is 1. The smallest absolute Gasteiger partial charge is 0.123 e. The molecule has 0 unspecified atom stereocenters. The maximum atomic E-state index is 13.2. The summed E-state index contributed by atoms with van der Waals surface area (Å²) in [5.41, 5.74) is 3.99. The Hall–Kier alpha value is -1.54. The Labute approximate surface area is 112 Å². The normalized spacial score (nSPS) is 10.4. The van der Waals surface area contributed by atoms with E-state index in [1.54, 1.807) is 12.1 Å². The highest BCUT2D eigenvalue weighted by molar-refractivity contribution is 6.33. The van der Waals surface area contributed by atoms with Crippen LogP contribution in [0, 0.1) is 19.7 Å². The zero-order valence-electron chi connectivity index (χ0n) is 10.4. The Bertz CT molecular complexity index is 546. The lowest BCUT2D eigenvalue weighted by Crippen LogP contribution is -2.03. The predicted octanol–water partition coefficient (Wildman–Crippen LogP) is 4.71. The molecular formula is C15H15ClFN. The number of hydrogen-bond acceptors (Lipinski definition) is 1. The molecule has 0 spiro atoms. The molecule has 0 aliphatic heterocycles. The summed E-state index contributed by atoms with van der Waals surface area (Å²) in [6.07, 6.45) is 0. The number of nitrogens with one attached hydrogen (secondary N) is 1. The molecule has 18 heavy (non-hydrogen) atoms. The van der Waals surface area contributed by atoms with Crippen molar-refractivity contribution in [3.05, 3.63) is 63.9 Å². The van der Waals surface area contributed by atoms with Crippen molar-refractivity contribution < 1.29 is 4.39 Å². The second kappa shape index (κ2) is 5.40. The fourth-order valence-electron chi connectivity index (χ4n) is 1.87. The van der Waals surface area contributed by atoms with Crippen LogP contribution in [-0.4, -0.2) is 0 Å². The van der Waals surface area contributed by atoms with Crippen LogP contribution in [0.2, 0.25) is 5.02 Å². The van der Waals surface area contributed by atoms with Crippen molar-refractivity contribution in [2.45, 2.75) is 20.4 Å². The monoisotopic (exact) mass is 263 g/mol. The minimum Gasteiger partial charge on any atom is -0.380 e. The molecule has 94 valence electrons. The van der Waals surface area contributed by atoms with Crippen LogP contribution in [0.1, 0.15) is 16.7 Å². The molecule has 0 aliphatic carbocycles. The Kier molecular flexibility index (Phi) is 3.87. The van der Waals surface area contributed by atoms with E-state index in [0.717, 1.165) is 22.4 Å². The van der Waals surface area contributed by atoms with Gasteiger partial charge in [-0.1, -0.05) is 29.8 Å². The van der Waals surface area contributed by atoms with E-state index in [9.17, 15) is 4.39 Å². The molecule has 0 heterocycles. The van der Waals surface area contributed by atoms with E-state index >= 15 is 0 Å². The lowest BCUT2D eigenvalue weighted by molar-refractivity contribution is 0.625. The third-order valence-corrected chi connectivity index (χ3v) is 3.30. The van der Waals surface area contributed by atoms with E-state index < -0.39 is 0 Å². The summed E-state index contributed by atoms with van der Waals surface area (Å²) in [5, 5.41) is 3.95. The van der Waals surface area contributed by atoms with Crippen molar-refractivity contribution >= 4 is 17.3 Å². The average molecular weight is 264 g/mol. The summed E-state index contributed by atoms with van der Waals surface area (Å²) in [4.78, 5) is 0. The summed E-state index contributed by atoms with van der Waals surface area (Å²) in [6.45, 7) is 4.52. The van der Waals surface area contributed by atoms with E-state index in [-0.39, 0.29) is 5.82 Å². The van der Waals surface area contributed by atoms with E-state index in [4.69, 9.17) is 11.6 Å². The summed E-state index contributed by atoms with van der Waals surface area (Å²) < 4.78 is 13.2. The number of halogens is 2. The van der Waals surface area contributed by atoms with Gasteiger partial charge in [0.2, 0.25) is 0 Å². The van der Waals surface area contributed by atoms with Crippen molar-refractivity contribution in [3.63, 3.8) is 0 Å². The molecule has 2 rings (SSSR count). The van der Waals surface area contributed by atoms with Crippen molar-refractivity contribution in [1.29, 1.82) is 0 Å². The first-order valence-corrected chi connectivity index (χ1v) is 6.20. The lowest BCUT2D eigenvalue weighted by atomic mass is 10.1. The topological polar surface area (TPSA) is 12.0 Å². The minimum absolute atomic E-state index is 0.215. The number of aryl methyl sites for hydroxylation is 2. The van der Waals surface area contributed by atoms with E-state index in [0.29, 0.717) is 11.6 Å². The maximum Gasteiger partial charge on any atom is 0.123 e. The highest BCUT2D eigenvalue weighted by Gasteiger charge is 2.05. The number of rotatable bonds is 3. The molecule has 2 aromatic carbocycles. The summed E-state index contributed by atoms with van der Waals surface area (Å²) in [6, 6.07) is 10.6. The zero-order valence-corrected chi connectivity index (χ0v) is 11.2. The van der Waals surface area contributed by atoms with Gasteiger partial charge in [0.1, 0.15) is 5.82 Å². The molecule has 2 aromatic rings. The largest absolute Gasteiger partial charge is 0.380 e. The lowest BCUT2D eigenvalue weighted by Gasteiger charge is -2.13. The first-order valence-electron chi connectivity index (χ1n) is 5.82. The zero-order chi connectivity index (χ0) is 13.1. The van der Waals surface area contributed by atoms with Crippen molar-refractivity contribution in [3.8, 4) is 0 Å². The summed E-state index contributed by atoms with van der Waals surface area (Å²) in [7, 11) is 0. The first-order chi connectivity index (χ1) is 8.58. The van der Waals surface area contributed by atoms with Gasteiger partial charge in [0, 0.05) is 6.54 Å². The Morgan fingerprint density at radius 1 is 1.11 bits per heavy atom. The van der Waals surface area contributed by atoms with E-state index in [1.165, 1.54) is 6.07 Å². The third-order valence-electron chi connectivity index (χ3n) is 2.99. The molecule has 0 atom stereocenters. The summed E-state index contributed by atoms with van der Waals surface area (Å²) >= 11 is 6.13. The Morgan fingerprint density at radius 3 is 2.61 bits per heavy atom. The van der Waals surface area contributed by atoms with Gasteiger partial charge in [0.05, 0.1) is 10.7 Å². The van der Waals surface area contributed by atoms with E-state index in [2.05, 4.69) is 5.32 Å². The predicted molar refractivity (Wildman–Crippen MR) is 74.7 cm³/mol. The van der Waals surface area contributed by atoms with E-state index in [1.807, 2.05) is 32.0 Å². The van der Waals surface area contributed by atoms with Gasteiger partial charge < -0.3 is 5.32 Å². The van der Waals surface area contributed by atoms with Gasteiger partial charge in [0.25, 0.3) is 0 Å². The Balaban J connectivity index is 2.19. The second-order valence-electron chi connectivity index (χ2n) is 4.36. The van der Waals surface area contributed by atoms with Crippen molar-refractivity contribution in [1.82, 2.24) is 0 Å². The van der Waals surface area contributed by atoms with Gasteiger partial charge in [0.15, 0.2) is 0 Å². The standard InChI is InChI=1S/C15H15ClFN/c1-10-6-7-13(17)8-12(10)9-18-15-11(2)4-3-5-14(15)16/h3-8,18H,9H2,1-2H3. The molecule has 1 nitrogen and oxygen atoms in total. The van der Waals surface area contributed by atoms with Gasteiger partial charge in [-0.05, 0) is 48.7 Å². The number of anilines is 1. The number of benzene rings is 2. The molecule has 1 N–H and O–H groups in total. The fraction of sp³-hybridized carbons (Fsp3) is 0.200. The molecule has 0 aliphatic rings. The van der Waals surface area contributed by atoms with Gasteiger partial charge in [-0.3, -0.25) is 0 Å². The quantitative estimate of drug-likeness (QED) is 0.846. The molecule has 0 fully saturated rings. The molecule has 0 aromatic heterocycles. The minimum atomic E-state index is -0.215. The van der Waals surface area contributed by atoms with Crippen LogP contribution >= 0.6 is 11.6 Å². The van der Waals surface area contributed by atoms with Crippen LogP contribution < -0.4 is 5.32 Å². The van der Waals surface area contributed by atoms with Crippen LogP contribution in [0.15, 0.2) is 36.4 Å². The first kappa shape index (κ1) is 12.9. The summed E-state index contributed by atoms with van der Waals surface area (Å²) in [5.74, 6) is -0.215. The van der Waals surface area contributed by atoms with Crippen LogP contribution in [0.3, 0.4) is 0 Å². The van der Waals surface area contributed by atoms with Crippen LogP contribution in [0.5, 0.6) is 0 Å². The van der Waals surface area contributed by atoms with Gasteiger partial charge in [-0.2, -0.15) is 0 Å². The molecule has 0 radical (unpaired) electrons. The van der Waals surface area contributed by atoms with Gasteiger partial charge >= 0.3 is 0 Å².